The lowest BCUT2D eigenvalue weighted by Crippen LogP contribution is -2.07. The molecule has 0 amide bonds. The summed E-state index contributed by atoms with van der Waals surface area (Å²) in [5.41, 5.74) is 1.23. The molecule has 4 heteroatoms. The first-order valence-electron chi connectivity index (χ1n) is 5.29. The predicted molar refractivity (Wildman–Crippen MR) is 78.1 cm³/mol. The van der Waals surface area contributed by atoms with E-state index in [1.54, 1.807) is 6.20 Å². The molecule has 1 unspecified atom stereocenters. The molecule has 2 aromatic rings. The molecule has 88 valence electrons. The van der Waals surface area contributed by atoms with Crippen LogP contribution in [0.3, 0.4) is 0 Å². The highest BCUT2D eigenvalue weighted by Gasteiger charge is 2.05. The average Bonchev–Trinajstić information content (AvgIpc) is 2.32. The summed E-state index contributed by atoms with van der Waals surface area (Å²) in [6.07, 6.45) is 1.79. The van der Waals surface area contributed by atoms with Gasteiger partial charge in [0.05, 0.1) is 0 Å². The average molecular weight is 356 g/mol. The molecule has 1 N–H and O–H groups in total. The van der Waals surface area contributed by atoms with E-state index in [-0.39, 0.29) is 6.04 Å². The topological polar surface area (TPSA) is 24.9 Å². The molecule has 0 radical (unpaired) electrons. The minimum absolute atomic E-state index is 0.223. The molecule has 0 fully saturated rings. The molecule has 0 aliphatic carbocycles. The van der Waals surface area contributed by atoms with Gasteiger partial charge in [0.15, 0.2) is 0 Å². The van der Waals surface area contributed by atoms with Crippen molar-refractivity contribution >= 4 is 37.7 Å². The van der Waals surface area contributed by atoms with E-state index in [2.05, 4.69) is 61.2 Å². The van der Waals surface area contributed by atoms with Crippen molar-refractivity contribution in [3.05, 3.63) is 57.1 Å². The second-order valence-electron chi connectivity index (χ2n) is 3.78. The van der Waals surface area contributed by atoms with Crippen LogP contribution < -0.4 is 5.32 Å². The Morgan fingerprint density at radius 3 is 2.59 bits per heavy atom. The molecular weight excluding hydrogens is 344 g/mol. The molecular formula is C13H12Br2N2. The van der Waals surface area contributed by atoms with Gasteiger partial charge in [-0.05, 0) is 52.7 Å². The van der Waals surface area contributed by atoms with E-state index in [4.69, 9.17) is 0 Å². The highest BCUT2D eigenvalue weighted by Crippen LogP contribution is 2.21. The van der Waals surface area contributed by atoms with Crippen molar-refractivity contribution in [1.29, 1.82) is 0 Å². The van der Waals surface area contributed by atoms with E-state index >= 15 is 0 Å². The molecule has 2 rings (SSSR count). The van der Waals surface area contributed by atoms with Gasteiger partial charge in [0.2, 0.25) is 0 Å². The smallest absolute Gasteiger partial charge is 0.126 e. The van der Waals surface area contributed by atoms with Crippen molar-refractivity contribution in [3.8, 4) is 0 Å². The van der Waals surface area contributed by atoms with E-state index in [0.29, 0.717) is 0 Å². The number of halogens is 2. The Morgan fingerprint density at radius 1 is 1.12 bits per heavy atom. The summed E-state index contributed by atoms with van der Waals surface area (Å²) in [5.74, 6) is 0.876. The standard InChI is InChI=1S/C13H12Br2N2/c1-9(10-3-2-4-11(14)7-10)17-13-6-5-12(15)8-16-13/h2-9H,1H3,(H,16,17). The Kier molecular flexibility index (Phi) is 4.18. The Labute approximate surface area is 118 Å². The molecule has 17 heavy (non-hydrogen) atoms. The van der Waals surface area contributed by atoms with Gasteiger partial charge >= 0.3 is 0 Å². The zero-order valence-electron chi connectivity index (χ0n) is 9.32. The highest BCUT2D eigenvalue weighted by molar-refractivity contribution is 9.10. The fraction of sp³-hybridized carbons (Fsp3) is 0.154. The van der Waals surface area contributed by atoms with Crippen LogP contribution in [0.2, 0.25) is 0 Å². The summed E-state index contributed by atoms with van der Waals surface area (Å²) in [6.45, 7) is 2.12. The van der Waals surface area contributed by atoms with Crippen molar-refractivity contribution in [2.24, 2.45) is 0 Å². The van der Waals surface area contributed by atoms with Gasteiger partial charge in [-0.2, -0.15) is 0 Å². The number of anilines is 1. The Balaban J connectivity index is 2.11. The number of nitrogens with one attached hydrogen (secondary N) is 1. The summed E-state index contributed by atoms with van der Waals surface area (Å²) in [7, 11) is 0. The summed E-state index contributed by atoms with van der Waals surface area (Å²) in [4.78, 5) is 4.30. The number of benzene rings is 1. The van der Waals surface area contributed by atoms with Crippen LogP contribution in [0.15, 0.2) is 51.5 Å². The molecule has 2 nitrogen and oxygen atoms in total. The number of hydrogen-bond acceptors (Lipinski definition) is 2. The minimum Gasteiger partial charge on any atom is -0.364 e. The minimum atomic E-state index is 0.223. The predicted octanol–water partition coefficient (Wildman–Crippen LogP) is 4.78. The molecule has 0 spiro atoms. The molecule has 0 aliphatic heterocycles. The van der Waals surface area contributed by atoms with Crippen molar-refractivity contribution < 1.29 is 0 Å². The first-order valence-corrected chi connectivity index (χ1v) is 6.87. The monoisotopic (exact) mass is 354 g/mol. The summed E-state index contributed by atoms with van der Waals surface area (Å²) < 4.78 is 2.07. The molecule has 0 bridgehead atoms. The molecule has 0 saturated carbocycles. The number of hydrogen-bond donors (Lipinski definition) is 1. The van der Waals surface area contributed by atoms with Crippen LogP contribution in [0, 0.1) is 0 Å². The van der Waals surface area contributed by atoms with E-state index in [1.165, 1.54) is 5.56 Å². The van der Waals surface area contributed by atoms with Crippen LogP contribution in [0.5, 0.6) is 0 Å². The zero-order chi connectivity index (χ0) is 12.3. The second kappa shape index (κ2) is 5.65. The number of nitrogens with zero attached hydrogens (tertiary/aromatic N) is 1. The van der Waals surface area contributed by atoms with Crippen molar-refractivity contribution in [2.45, 2.75) is 13.0 Å². The molecule has 1 aromatic carbocycles. The lowest BCUT2D eigenvalue weighted by molar-refractivity contribution is 0.873. The van der Waals surface area contributed by atoms with Gasteiger partial charge in [-0.15, -0.1) is 0 Å². The zero-order valence-corrected chi connectivity index (χ0v) is 12.5. The fourth-order valence-corrected chi connectivity index (χ4v) is 2.19. The molecule has 0 saturated heterocycles. The Hall–Kier alpha value is -0.870. The quantitative estimate of drug-likeness (QED) is 0.856. The highest BCUT2D eigenvalue weighted by atomic mass is 79.9. The van der Waals surface area contributed by atoms with E-state index in [9.17, 15) is 0 Å². The number of pyridine rings is 1. The lowest BCUT2D eigenvalue weighted by Gasteiger charge is -2.15. The maximum Gasteiger partial charge on any atom is 0.126 e. The van der Waals surface area contributed by atoms with Gasteiger partial charge in [0.1, 0.15) is 5.82 Å². The largest absolute Gasteiger partial charge is 0.364 e. The number of rotatable bonds is 3. The maximum absolute atomic E-state index is 4.30. The summed E-state index contributed by atoms with van der Waals surface area (Å²) >= 11 is 6.85. The Morgan fingerprint density at radius 2 is 1.94 bits per heavy atom. The first kappa shape index (κ1) is 12.6. The van der Waals surface area contributed by atoms with Crippen LogP contribution >= 0.6 is 31.9 Å². The van der Waals surface area contributed by atoms with Crippen molar-refractivity contribution in [3.63, 3.8) is 0 Å². The van der Waals surface area contributed by atoms with Gasteiger partial charge in [-0.1, -0.05) is 28.1 Å². The van der Waals surface area contributed by atoms with E-state index in [1.807, 2.05) is 24.3 Å². The van der Waals surface area contributed by atoms with Crippen molar-refractivity contribution in [1.82, 2.24) is 4.98 Å². The van der Waals surface area contributed by atoms with Crippen LogP contribution in [-0.2, 0) is 0 Å². The first-order chi connectivity index (χ1) is 8.15. The van der Waals surface area contributed by atoms with E-state index < -0.39 is 0 Å². The maximum atomic E-state index is 4.30. The van der Waals surface area contributed by atoms with Crippen LogP contribution in [0.1, 0.15) is 18.5 Å². The summed E-state index contributed by atoms with van der Waals surface area (Å²) in [5, 5.41) is 3.36. The number of aromatic nitrogens is 1. The molecule has 0 aliphatic rings. The normalized spacial score (nSPS) is 12.2. The lowest BCUT2D eigenvalue weighted by atomic mass is 10.1. The SMILES string of the molecule is CC(Nc1ccc(Br)cn1)c1cccc(Br)c1. The van der Waals surface area contributed by atoms with Crippen LogP contribution in [-0.4, -0.2) is 4.98 Å². The molecule has 1 heterocycles. The van der Waals surface area contributed by atoms with Gasteiger partial charge in [-0.3, -0.25) is 0 Å². The summed E-state index contributed by atoms with van der Waals surface area (Å²) in [6, 6.07) is 12.4. The van der Waals surface area contributed by atoms with Crippen molar-refractivity contribution in [2.75, 3.05) is 5.32 Å². The van der Waals surface area contributed by atoms with Gasteiger partial charge < -0.3 is 5.32 Å². The fourth-order valence-electron chi connectivity index (χ4n) is 1.54. The second-order valence-corrected chi connectivity index (χ2v) is 5.61. The third kappa shape index (κ3) is 3.54. The molecule has 1 atom stereocenters. The molecule has 1 aromatic heterocycles. The third-order valence-electron chi connectivity index (χ3n) is 2.44. The van der Waals surface area contributed by atoms with Crippen LogP contribution in [0.25, 0.3) is 0 Å². The van der Waals surface area contributed by atoms with Crippen LogP contribution in [0.4, 0.5) is 5.82 Å². The van der Waals surface area contributed by atoms with E-state index in [0.717, 1.165) is 14.8 Å². The Bertz CT molecular complexity index is 497. The van der Waals surface area contributed by atoms with Gasteiger partial charge in [0.25, 0.3) is 0 Å². The van der Waals surface area contributed by atoms with Gasteiger partial charge in [-0.25, -0.2) is 4.98 Å². The third-order valence-corrected chi connectivity index (χ3v) is 3.40. The van der Waals surface area contributed by atoms with Gasteiger partial charge in [0, 0.05) is 21.2 Å².